The first-order valence-electron chi connectivity index (χ1n) is 37.0. The van der Waals surface area contributed by atoms with Crippen LogP contribution in [0.5, 0.6) is 0 Å². The van der Waals surface area contributed by atoms with Crippen LogP contribution in [0.3, 0.4) is 0 Å². The van der Waals surface area contributed by atoms with E-state index in [0.717, 1.165) is 12.3 Å². The van der Waals surface area contributed by atoms with Gasteiger partial charge in [0, 0.05) is 32.5 Å². The van der Waals surface area contributed by atoms with Crippen molar-refractivity contribution in [1.29, 1.82) is 0 Å². The Hall–Kier alpha value is -2.96. The highest BCUT2D eigenvalue weighted by Gasteiger charge is 2.50. The minimum atomic E-state index is -0.903. The molecule has 2 heterocycles. The molecule has 0 unspecified atom stereocenters. The summed E-state index contributed by atoms with van der Waals surface area (Å²) in [6.45, 7) is 105. The Kier molecular flexibility index (Phi) is 21.3. The molecule has 7 rings (SSSR count). The van der Waals surface area contributed by atoms with Crippen molar-refractivity contribution >= 4 is 50.3 Å². The van der Waals surface area contributed by atoms with Crippen molar-refractivity contribution in [3.8, 4) is 0 Å². The van der Waals surface area contributed by atoms with Gasteiger partial charge >= 0.3 is 0 Å². The van der Waals surface area contributed by atoms with Gasteiger partial charge in [0.2, 0.25) is 0 Å². The molecule has 530 valence electrons. The van der Waals surface area contributed by atoms with Gasteiger partial charge in [0.15, 0.2) is 0 Å². The first-order chi connectivity index (χ1) is 42.5. The molecule has 0 aromatic heterocycles. The molecule has 0 atom stereocenters. The van der Waals surface area contributed by atoms with Crippen LogP contribution in [0.1, 0.15) is 391 Å². The molecule has 0 N–H and O–H groups in total. The molecule has 0 amide bonds. The van der Waals surface area contributed by atoms with E-state index in [9.17, 15) is 0 Å². The Morgan fingerprint density at radius 3 is 0.469 bits per heavy atom. The second kappa shape index (κ2) is 25.5. The maximum Gasteiger partial charge on any atom is 0.0126 e. The van der Waals surface area contributed by atoms with Gasteiger partial charge in [-0.1, -0.05) is 364 Å². The summed E-state index contributed by atoms with van der Waals surface area (Å²) in [5.41, 5.74) is 26.9. The van der Waals surface area contributed by atoms with Crippen molar-refractivity contribution in [2.75, 3.05) is 0 Å². The molecule has 0 radical (unpaired) electrons. The third-order valence-corrected chi connectivity index (χ3v) is 35.2. The minimum Gasteiger partial charge on any atom is -0.103 e. The van der Waals surface area contributed by atoms with E-state index in [2.05, 4.69) is 364 Å². The third-order valence-electron chi connectivity index (χ3n) is 20.4. The Morgan fingerprint density at radius 1 is 0.208 bits per heavy atom. The summed E-state index contributed by atoms with van der Waals surface area (Å²) in [6.07, 6.45) is 2.05. The second-order valence-electron chi connectivity index (χ2n) is 44.0. The predicted octanol–water partition coefficient (Wildman–Crippen LogP) is 28.5. The molecule has 2 aliphatic rings. The predicted molar refractivity (Wildman–Crippen MR) is 448 cm³/mol. The average molecular weight is 1370 g/mol. The van der Waals surface area contributed by atoms with Crippen LogP contribution in [0.2, 0.25) is 0 Å². The SMILES string of the molecule is CC(C)(C)c1cc(C(C)(C)C)c(C2=P(Cc3ccccc3CP3=C(c4c(C(C)(C)C)cc(C(C)(C)C)cc4C(C)(C)C)P(C(C)(C)C)C=3c3c(C(C)(C)C)cc(C(C)(C)C)cc3C(C)(C)C)=C(c3c(C(C)(C)C)cc(C(C)(C)C)cc3C(C)(C)C)P2C(C)(C)C)c(C(C)(C)C)c1. The van der Waals surface area contributed by atoms with E-state index in [1.165, 1.54) is 66.8 Å². The second-order valence-corrected chi connectivity index (χ2v) is 55.4. The molecule has 2 aliphatic heterocycles. The van der Waals surface area contributed by atoms with Gasteiger partial charge < -0.3 is 0 Å². The van der Waals surface area contributed by atoms with Crippen molar-refractivity contribution in [2.24, 2.45) is 0 Å². The van der Waals surface area contributed by atoms with Crippen LogP contribution in [0.15, 0.2) is 72.8 Å². The zero-order chi connectivity index (χ0) is 73.9. The lowest BCUT2D eigenvalue weighted by Crippen LogP contribution is -2.35. The van der Waals surface area contributed by atoms with Gasteiger partial charge in [-0.15, -0.1) is 14.3 Å². The molecule has 96 heavy (non-hydrogen) atoms. The average Bonchev–Trinajstić information content (AvgIpc) is 0.696. The summed E-state index contributed by atoms with van der Waals surface area (Å²) in [6, 6.07) is 31.6. The van der Waals surface area contributed by atoms with Crippen molar-refractivity contribution in [3.63, 3.8) is 0 Å². The van der Waals surface area contributed by atoms with Crippen LogP contribution in [0.4, 0.5) is 0 Å². The summed E-state index contributed by atoms with van der Waals surface area (Å²) in [5.74, 6) is 0. The summed E-state index contributed by atoms with van der Waals surface area (Å²) in [5, 5.41) is 7.16. The molecule has 0 fully saturated rings. The number of hydrogen-bond donors (Lipinski definition) is 0. The van der Waals surface area contributed by atoms with Crippen LogP contribution in [0, 0.1) is 0 Å². The fourth-order valence-electron chi connectivity index (χ4n) is 14.6. The van der Waals surface area contributed by atoms with E-state index >= 15 is 0 Å². The first-order valence-corrected chi connectivity index (χ1v) is 42.8. The van der Waals surface area contributed by atoms with Crippen LogP contribution in [0.25, 0.3) is 0 Å². The Labute approximate surface area is 597 Å². The van der Waals surface area contributed by atoms with Gasteiger partial charge in [-0.3, -0.25) is 0 Å². The topological polar surface area (TPSA) is 0 Å². The number of hydrogen-bond acceptors (Lipinski definition) is 0. The lowest BCUT2D eigenvalue weighted by atomic mass is 9.72. The molecular formula is C92H142P4. The summed E-state index contributed by atoms with van der Waals surface area (Å²) in [7, 11) is -3.44. The van der Waals surface area contributed by atoms with Gasteiger partial charge in [0.25, 0.3) is 0 Å². The quantitative estimate of drug-likeness (QED) is 0.136. The monoisotopic (exact) mass is 1370 g/mol. The Balaban J connectivity index is 1.85. The Bertz CT molecular complexity index is 3390. The standard InChI is InChI=1S/C92H142P4/c1-79(2,3)59-47-63(83(13,14)15)71(64(48-59)84(16,17)18)75-93(76(95(75)91(37,38)39)72-65(85(19,20)21)49-60(80(4,5)6)50-66(72)86(22,23)24)55-57-45-43-44-46-58(57)56-94-77(73-67(87(25,26)27)51-61(81(7,8)9)52-68(73)88(28,29)30)96(92(40,41)42)78(94)74-69(89(31,32)33)53-62(82(10,11)12)54-70(74)90(34,35)36/h43-54H,55-56H2,1-42H3. The lowest BCUT2D eigenvalue weighted by molar-refractivity contribution is 0.546. The first kappa shape index (κ1) is 80.4. The maximum atomic E-state index is 2.69. The van der Waals surface area contributed by atoms with E-state index in [4.69, 9.17) is 0 Å². The van der Waals surface area contributed by atoms with Crippen molar-refractivity contribution in [2.45, 2.75) is 378 Å². The molecule has 5 aromatic carbocycles. The lowest BCUT2D eigenvalue weighted by Gasteiger charge is -2.48. The van der Waals surface area contributed by atoms with Crippen LogP contribution in [-0.4, -0.2) is 30.5 Å². The van der Waals surface area contributed by atoms with Crippen LogP contribution >= 0.6 is 30.2 Å². The normalized spacial score (nSPS) is 18.2. The zero-order valence-electron chi connectivity index (χ0n) is 70.1. The van der Waals surface area contributed by atoms with E-state index in [0.29, 0.717) is 0 Å². The fourth-order valence-corrected chi connectivity index (χ4v) is 33.0. The van der Waals surface area contributed by atoms with Crippen LogP contribution < -0.4 is 0 Å². The summed E-state index contributed by atoms with van der Waals surface area (Å²) < 4.78 is 0. The molecule has 5 aromatic rings. The maximum absolute atomic E-state index is 2.69. The van der Waals surface area contributed by atoms with E-state index in [-0.39, 0.29) is 75.3 Å². The van der Waals surface area contributed by atoms with Gasteiger partial charge in [-0.25, -0.2) is 0 Å². The molecule has 0 saturated carbocycles. The number of benzene rings is 5. The Morgan fingerprint density at radius 2 is 0.354 bits per heavy atom. The minimum absolute atomic E-state index is 0.00912. The van der Waals surface area contributed by atoms with Gasteiger partial charge in [0.05, 0.1) is 0 Å². The van der Waals surface area contributed by atoms with Gasteiger partial charge in [0.1, 0.15) is 0 Å². The van der Waals surface area contributed by atoms with Gasteiger partial charge in [-0.2, -0.15) is 0 Å². The molecule has 0 saturated heterocycles. The molecular weight excluding hydrogens is 1230 g/mol. The van der Waals surface area contributed by atoms with Crippen molar-refractivity contribution in [1.82, 2.24) is 0 Å². The van der Waals surface area contributed by atoms with E-state index in [1.54, 1.807) is 53.5 Å². The smallest absolute Gasteiger partial charge is 0.0126 e. The summed E-state index contributed by atoms with van der Waals surface area (Å²) in [4.78, 5) is 0. The zero-order valence-corrected chi connectivity index (χ0v) is 73.7. The third kappa shape index (κ3) is 16.4. The largest absolute Gasteiger partial charge is 0.103 e. The fraction of sp³-hybridized carbons (Fsp3) is 0.630. The van der Waals surface area contributed by atoms with Crippen molar-refractivity contribution in [3.05, 3.63) is 173 Å². The molecule has 0 spiro atoms. The summed E-state index contributed by atoms with van der Waals surface area (Å²) >= 11 is 0. The van der Waals surface area contributed by atoms with E-state index in [1.807, 2.05) is 0 Å². The molecule has 0 nitrogen and oxygen atoms in total. The molecule has 0 bridgehead atoms. The van der Waals surface area contributed by atoms with E-state index < -0.39 is 30.2 Å². The van der Waals surface area contributed by atoms with Gasteiger partial charge in [-0.05, 0) is 191 Å². The van der Waals surface area contributed by atoms with Crippen LogP contribution in [-0.2, 0) is 77.3 Å². The molecule has 0 aliphatic carbocycles. The molecule has 4 heteroatoms. The highest BCUT2D eigenvalue weighted by Crippen LogP contribution is 2.72. The van der Waals surface area contributed by atoms with Crippen molar-refractivity contribution < 1.29 is 0 Å². The number of rotatable bonds is 8. The highest BCUT2D eigenvalue weighted by atomic mass is 31.2. The highest BCUT2D eigenvalue weighted by molar-refractivity contribution is 8.16.